The van der Waals surface area contributed by atoms with Gasteiger partial charge in [0, 0.05) is 25.8 Å². The van der Waals surface area contributed by atoms with Crippen LogP contribution in [0.1, 0.15) is 24.8 Å². The van der Waals surface area contributed by atoms with Gasteiger partial charge in [0.15, 0.2) is 0 Å². The number of aryl methyl sites for hydroxylation is 1. The van der Waals surface area contributed by atoms with E-state index in [1.54, 1.807) is 0 Å². The summed E-state index contributed by atoms with van der Waals surface area (Å²) in [6.45, 7) is 2.58. The van der Waals surface area contributed by atoms with Gasteiger partial charge in [0.2, 0.25) is 0 Å². The number of hydrogen-bond acceptors (Lipinski definition) is 2. The Kier molecular flexibility index (Phi) is 2.60. The van der Waals surface area contributed by atoms with Crippen LogP contribution in [0.15, 0.2) is 24.3 Å². The van der Waals surface area contributed by atoms with E-state index in [4.69, 9.17) is 0 Å². The van der Waals surface area contributed by atoms with Gasteiger partial charge in [-0.2, -0.15) is 0 Å². The van der Waals surface area contributed by atoms with Crippen molar-refractivity contribution < 1.29 is 0 Å². The molecule has 3 rings (SSSR count). The van der Waals surface area contributed by atoms with Crippen molar-refractivity contribution in [1.29, 1.82) is 0 Å². The van der Waals surface area contributed by atoms with Gasteiger partial charge in [0.1, 0.15) is 0 Å². The zero-order valence-corrected chi connectivity index (χ0v) is 10.0. The Morgan fingerprint density at radius 2 is 1.88 bits per heavy atom. The second-order valence-electron chi connectivity index (χ2n) is 5.00. The minimum absolute atomic E-state index is 0.636. The Morgan fingerprint density at radius 1 is 1.12 bits per heavy atom. The highest BCUT2D eigenvalue weighted by Crippen LogP contribution is 2.31. The summed E-state index contributed by atoms with van der Waals surface area (Å²) in [5.74, 6) is 0. The monoisotopic (exact) mass is 216 g/mol. The molecule has 1 aromatic carbocycles. The zero-order valence-electron chi connectivity index (χ0n) is 10.0. The highest BCUT2D eigenvalue weighted by atomic mass is 15.4. The van der Waals surface area contributed by atoms with Crippen molar-refractivity contribution in [3.63, 3.8) is 0 Å². The lowest BCUT2D eigenvalue weighted by Crippen LogP contribution is -2.48. The van der Waals surface area contributed by atoms with Crippen LogP contribution < -0.4 is 4.90 Å². The molecule has 0 aliphatic carbocycles. The first-order valence-electron chi connectivity index (χ1n) is 6.41. The van der Waals surface area contributed by atoms with Gasteiger partial charge in [0.25, 0.3) is 0 Å². The van der Waals surface area contributed by atoms with Crippen molar-refractivity contribution in [3.8, 4) is 0 Å². The number of hydrogen-bond donors (Lipinski definition) is 0. The van der Waals surface area contributed by atoms with Crippen LogP contribution in [0.5, 0.6) is 0 Å². The van der Waals surface area contributed by atoms with Crippen molar-refractivity contribution in [2.75, 3.05) is 25.0 Å². The first kappa shape index (κ1) is 10.2. The summed E-state index contributed by atoms with van der Waals surface area (Å²) in [5, 5.41) is 0. The van der Waals surface area contributed by atoms with E-state index in [0.29, 0.717) is 6.17 Å². The number of likely N-dealkylation sites (tertiary alicyclic amines) is 1. The largest absolute Gasteiger partial charge is 0.359 e. The molecule has 0 spiro atoms. The molecular weight excluding hydrogens is 196 g/mol. The van der Waals surface area contributed by atoms with Crippen molar-refractivity contribution in [2.45, 2.75) is 31.8 Å². The van der Waals surface area contributed by atoms with Crippen molar-refractivity contribution in [3.05, 3.63) is 29.8 Å². The molecule has 2 heterocycles. The van der Waals surface area contributed by atoms with Gasteiger partial charge < -0.3 is 4.90 Å². The topological polar surface area (TPSA) is 6.48 Å². The van der Waals surface area contributed by atoms with E-state index in [2.05, 4.69) is 41.1 Å². The molecule has 2 aliphatic heterocycles. The third-order valence-electron chi connectivity index (χ3n) is 4.05. The van der Waals surface area contributed by atoms with Crippen LogP contribution in [0.4, 0.5) is 5.69 Å². The molecule has 1 atom stereocenters. The molecule has 1 fully saturated rings. The maximum absolute atomic E-state index is 2.65. The summed E-state index contributed by atoms with van der Waals surface area (Å²) in [4.78, 5) is 5.13. The fourth-order valence-electron chi connectivity index (χ4n) is 3.17. The Hall–Kier alpha value is -1.02. The number of nitrogens with zero attached hydrogens (tertiary/aromatic N) is 2. The molecular formula is C14H20N2. The summed E-state index contributed by atoms with van der Waals surface area (Å²) in [7, 11) is 2.25. The molecule has 2 aliphatic rings. The zero-order chi connectivity index (χ0) is 11.0. The SMILES string of the molecule is CN1c2ccccc2CCC1N1CCCC1. The summed E-state index contributed by atoms with van der Waals surface area (Å²) in [6.07, 6.45) is 5.92. The molecule has 1 saturated heterocycles. The lowest BCUT2D eigenvalue weighted by Gasteiger charge is -2.41. The van der Waals surface area contributed by atoms with Gasteiger partial charge in [-0.05, 0) is 37.3 Å². The van der Waals surface area contributed by atoms with Crippen molar-refractivity contribution in [1.82, 2.24) is 4.90 Å². The van der Waals surface area contributed by atoms with E-state index in [1.807, 2.05) is 0 Å². The van der Waals surface area contributed by atoms with Gasteiger partial charge in [0.05, 0.1) is 6.17 Å². The number of anilines is 1. The second kappa shape index (κ2) is 4.10. The lowest BCUT2D eigenvalue weighted by molar-refractivity contribution is 0.223. The standard InChI is InChI=1S/C14H20N2/c1-15-13-7-3-2-6-12(13)8-9-14(15)16-10-4-5-11-16/h2-3,6-7,14H,4-5,8-11H2,1H3. The van der Waals surface area contributed by atoms with Gasteiger partial charge in [-0.25, -0.2) is 0 Å². The first-order valence-corrected chi connectivity index (χ1v) is 6.41. The molecule has 0 radical (unpaired) electrons. The average molecular weight is 216 g/mol. The van der Waals surface area contributed by atoms with E-state index in [0.717, 1.165) is 0 Å². The summed E-state index contributed by atoms with van der Waals surface area (Å²) < 4.78 is 0. The second-order valence-corrected chi connectivity index (χ2v) is 5.00. The summed E-state index contributed by atoms with van der Waals surface area (Å²) in [5.41, 5.74) is 2.95. The van der Waals surface area contributed by atoms with Gasteiger partial charge in [-0.15, -0.1) is 0 Å². The van der Waals surface area contributed by atoms with E-state index < -0.39 is 0 Å². The smallest absolute Gasteiger partial charge is 0.0820 e. The van der Waals surface area contributed by atoms with E-state index in [9.17, 15) is 0 Å². The van der Waals surface area contributed by atoms with Crippen LogP contribution >= 0.6 is 0 Å². The number of fused-ring (bicyclic) bond motifs is 1. The predicted molar refractivity (Wildman–Crippen MR) is 67.8 cm³/mol. The molecule has 0 aromatic heterocycles. The number of para-hydroxylation sites is 1. The van der Waals surface area contributed by atoms with Crippen LogP contribution in [0.25, 0.3) is 0 Å². The third-order valence-corrected chi connectivity index (χ3v) is 4.05. The lowest BCUT2D eigenvalue weighted by atomic mass is 9.99. The van der Waals surface area contributed by atoms with Crippen LogP contribution in [-0.2, 0) is 6.42 Å². The molecule has 0 saturated carbocycles. The third kappa shape index (κ3) is 1.61. The minimum atomic E-state index is 0.636. The maximum atomic E-state index is 2.65. The Morgan fingerprint density at radius 3 is 2.69 bits per heavy atom. The minimum Gasteiger partial charge on any atom is -0.359 e. The number of rotatable bonds is 1. The van der Waals surface area contributed by atoms with E-state index in [1.165, 1.54) is 50.0 Å². The average Bonchev–Trinajstić information content (AvgIpc) is 2.83. The van der Waals surface area contributed by atoms with Crippen LogP contribution in [0.3, 0.4) is 0 Å². The normalized spacial score (nSPS) is 25.8. The predicted octanol–water partition coefficient (Wildman–Crippen LogP) is 2.49. The Bertz CT molecular complexity index is 369. The molecule has 2 heteroatoms. The molecule has 1 unspecified atom stereocenters. The van der Waals surface area contributed by atoms with Crippen molar-refractivity contribution >= 4 is 5.69 Å². The molecule has 1 aromatic rings. The number of benzene rings is 1. The highest BCUT2D eigenvalue weighted by Gasteiger charge is 2.29. The van der Waals surface area contributed by atoms with Crippen LogP contribution in [0.2, 0.25) is 0 Å². The highest BCUT2D eigenvalue weighted by molar-refractivity contribution is 5.55. The summed E-state index contributed by atoms with van der Waals surface area (Å²) in [6, 6.07) is 8.84. The van der Waals surface area contributed by atoms with Crippen molar-refractivity contribution in [2.24, 2.45) is 0 Å². The van der Waals surface area contributed by atoms with Gasteiger partial charge >= 0.3 is 0 Å². The van der Waals surface area contributed by atoms with E-state index >= 15 is 0 Å². The Labute approximate surface area is 97.9 Å². The summed E-state index contributed by atoms with van der Waals surface area (Å²) >= 11 is 0. The fourth-order valence-corrected chi connectivity index (χ4v) is 3.17. The fraction of sp³-hybridized carbons (Fsp3) is 0.571. The molecule has 0 bridgehead atoms. The molecule has 0 amide bonds. The molecule has 16 heavy (non-hydrogen) atoms. The quantitative estimate of drug-likeness (QED) is 0.711. The Balaban J connectivity index is 1.85. The van der Waals surface area contributed by atoms with Crippen LogP contribution in [-0.4, -0.2) is 31.2 Å². The molecule has 0 N–H and O–H groups in total. The van der Waals surface area contributed by atoms with Gasteiger partial charge in [-0.3, -0.25) is 4.90 Å². The molecule has 86 valence electrons. The molecule has 2 nitrogen and oxygen atoms in total. The van der Waals surface area contributed by atoms with Crippen LogP contribution in [0, 0.1) is 0 Å². The maximum Gasteiger partial charge on any atom is 0.0820 e. The first-order chi connectivity index (χ1) is 7.86. The van der Waals surface area contributed by atoms with E-state index in [-0.39, 0.29) is 0 Å². The van der Waals surface area contributed by atoms with Gasteiger partial charge in [-0.1, -0.05) is 18.2 Å².